The van der Waals surface area contributed by atoms with E-state index in [9.17, 15) is 0 Å². The standard InChI is InChI=1S/C18H18N6S2/c1-2-7-15-14(6-1)19-18(26-15)13-5-3-9-23(11-13)12-24-21-17(20-22-24)16-8-4-10-25-16/h1-2,4,6-8,10,13H,3,5,9,11-12H2/p+1/t13-/m1/s1. The average molecular weight is 384 g/mol. The Morgan fingerprint density at radius 2 is 2.15 bits per heavy atom. The Labute approximate surface area is 159 Å². The van der Waals surface area contributed by atoms with Crippen molar-refractivity contribution in [3.63, 3.8) is 0 Å². The van der Waals surface area contributed by atoms with Crippen LogP contribution in [0.3, 0.4) is 0 Å². The summed E-state index contributed by atoms with van der Waals surface area (Å²) in [7, 11) is 0. The zero-order chi connectivity index (χ0) is 17.3. The van der Waals surface area contributed by atoms with Crippen LogP contribution in [0.15, 0.2) is 41.8 Å². The number of aromatic nitrogens is 5. The zero-order valence-electron chi connectivity index (χ0n) is 14.2. The van der Waals surface area contributed by atoms with Crippen molar-refractivity contribution < 1.29 is 4.90 Å². The van der Waals surface area contributed by atoms with Gasteiger partial charge in [-0.1, -0.05) is 18.2 Å². The lowest BCUT2D eigenvalue weighted by atomic mass is 9.99. The largest absolute Gasteiger partial charge is 0.314 e. The second-order valence-electron chi connectivity index (χ2n) is 6.68. The zero-order valence-corrected chi connectivity index (χ0v) is 15.8. The topological polar surface area (TPSA) is 60.9 Å². The molecule has 4 aromatic rings. The summed E-state index contributed by atoms with van der Waals surface area (Å²) in [6.07, 6.45) is 2.43. The molecule has 0 radical (unpaired) electrons. The van der Waals surface area contributed by atoms with E-state index in [-0.39, 0.29) is 0 Å². The molecule has 1 fully saturated rings. The van der Waals surface area contributed by atoms with E-state index in [2.05, 4.69) is 39.7 Å². The quantitative estimate of drug-likeness (QED) is 0.588. The summed E-state index contributed by atoms with van der Waals surface area (Å²) >= 11 is 3.48. The number of thiophene rings is 1. The Morgan fingerprint density at radius 3 is 3.04 bits per heavy atom. The predicted octanol–water partition coefficient (Wildman–Crippen LogP) is 2.43. The molecule has 1 aromatic carbocycles. The number of tetrazole rings is 1. The van der Waals surface area contributed by atoms with E-state index in [1.807, 2.05) is 28.8 Å². The number of fused-ring (bicyclic) bond motifs is 1. The van der Waals surface area contributed by atoms with Crippen molar-refractivity contribution in [3.05, 3.63) is 46.8 Å². The average Bonchev–Trinajstić information content (AvgIpc) is 3.41. The van der Waals surface area contributed by atoms with Crippen LogP contribution in [0.1, 0.15) is 23.8 Å². The van der Waals surface area contributed by atoms with E-state index in [0.29, 0.717) is 5.92 Å². The van der Waals surface area contributed by atoms with Gasteiger partial charge >= 0.3 is 0 Å². The third kappa shape index (κ3) is 3.15. The van der Waals surface area contributed by atoms with Crippen molar-refractivity contribution in [2.45, 2.75) is 25.4 Å². The van der Waals surface area contributed by atoms with Crippen LogP contribution in [0.2, 0.25) is 0 Å². The van der Waals surface area contributed by atoms with Crippen molar-refractivity contribution in [1.82, 2.24) is 25.2 Å². The Balaban J connectivity index is 1.30. The molecule has 8 heteroatoms. The fourth-order valence-corrected chi connectivity index (χ4v) is 5.33. The first-order valence-corrected chi connectivity index (χ1v) is 10.6. The lowest BCUT2D eigenvalue weighted by Crippen LogP contribution is -3.12. The molecule has 5 rings (SSSR count). The van der Waals surface area contributed by atoms with Crippen molar-refractivity contribution in [1.29, 1.82) is 0 Å². The maximum absolute atomic E-state index is 4.87. The molecule has 1 N–H and O–H groups in total. The van der Waals surface area contributed by atoms with Crippen LogP contribution in [-0.2, 0) is 6.67 Å². The second-order valence-corrected chi connectivity index (χ2v) is 8.69. The number of thiazole rings is 1. The summed E-state index contributed by atoms with van der Waals surface area (Å²) in [5.74, 6) is 1.25. The first kappa shape index (κ1) is 16.0. The molecular formula is C18H19N6S2+. The van der Waals surface area contributed by atoms with Gasteiger partial charge in [-0.3, -0.25) is 0 Å². The number of rotatable bonds is 4. The highest BCUT2D eigenvalue weighted by atomic mass is 32.1. The number of nitrogens with one attached hydrogen (secondary N) is 1. The van der Waals surface area contributed by atoms with Gasteiger partial charge in [-0.25, -0.2) is 4.98 Å². The first-order valence-electron chi connectivity index (χ1n) is 8.86. The van der Waals surface area contributed by atoms with Gasteiger partial charge in [0.05, 0.1) is 34.1 Å². The monoisotopic (exact) mass is 383 g/mol. The van der Waals surface area contributed by atoms with Crippen LogP contribution in [-0.4, -0.2) is 38.3 Å². The summed E-state index contributed by atoms with van der Waals surface area (Å²) in [4.78, 5) is 9.18. The van der Waals surface area contributed by atoms with Crippen LogP contribution in [0.25, 0.3) is 20.9 Å². The van der Waals surface area contributed by atoms with E-state index in [0.717, 1.165) is 36.0 Å². The van der Waals surface area contributed by atoms with Gasteiger partial charge in [0.2, 0.25) is 5.82 Å². The summed E-state index contributed by atoms with van der Waals surface area (Å²) in [6.45, 7) is 2.99. The first-order chi connectivity index (χ1) is 12.8. The minimum absolute atomic E-state index is 0.524. The highest BCUT2D eigenvalue weighted by molar-refractivity contribution is 7.18. The molecule has 1 saturated heterocycles. The van der Waals surface area contributed by atoms with Crippen molar-refractivity contribution >= 4 is 32.9 Å². The molecule has 1 unspecified atom stereocenters. The Bertz CT molecular complexity index is 973. The molecule has 6 nitrogen and oxygen atoms in total. The van der Waals surface area contributed by atoms with E-state index in [1.54, 1.807) is 16.1 Å². The molecular weight excluding hydrogens is 364 g/mol. The number of piperidine rings is 1. The lowest BCUT2D eigenvalue weighted by Gasteiger charge is -2.28. The number of quaternary nitrogens is 1. The maximum Gasteiger partial charge on any atom is 0.215 e. The number of para-hydroxylation sites is 1. The normalized spacial score (nSPS) is 20.6. The molecule has 0 bridgehead atoms. The number of hydrogen-bond donors (Lipinski definition) is 1. The minimum atomic E-state index is 0.524. The molecule has 1 aliphatic heterocycles. The van der Waals surface area contributed by atoms with Gasteiger partial charge in [0.25, 0.3) is 0 Å². The van der Waals surface area contributed by atoms with Gasteiger partial charge < -0.3 is 4.90 Å². The maximum atomic E-state index is 4.87. The van der Waals surface area contributed by atoms with E-state index < -0.39 is 0 Å². The van der Waals surface area contributed by atoms with Gasteiger partial charge in [-0.2, -0.15) is 0 Å². The highest BCUT2D eigenvalue weighted by Crippen LogP contribution is 2.30. The SMILES string of the molecule is c1csc(-c2nnn(C[NH+]3CCC[C@@H](c4nc5ccccc5s4)C3)n2)c1. The molecule has 0 aliphatic carbocycles. The minimum Gasteiger partial charge on any atom is -0.314 e. The molecule has 0 spiro atoms. The number of nitrogens with zero attached hydrogens (tertiary/aromatic N) is 5. The molecule has 0 amide bonds. The summed E-state index contributed by atoms with van der Waals surface area (Å²) in [5, 5.41) is 16.3. The molecule has 2 atom stereocenters. The number of likely N-dealkylation sites (tertiary alicyclic amines) is 1. The molecule has 4 heterocycles. The molecule has 0 saturated carbocycles. The third-order valence-corrected chi connectivity index (χ3v) is 6.90. The molecule has 3 aromatic heterocycles. The second kappa shape index (κ2) is 6.86. The highest BCUT2D eigenvalue weighted by Gasteiger charge is 2.27. The summed E-state index contributed by atoms with van der Waals surface area (Å²) in [5.41, 5.74) is 1.12. The Kier molecular flexibility index (Phi) is 4.24. The summed E-state index contributed by atoms with van der Waals surface area (Å²) < 4.78 is 1.29. The van der Waals surface area contributed by atoms with Crippen molar-refractivity contribution in [2.75, 3.05) is 13.1 Å². The van der Waals surface area contributed by atoms with Gasteiger partial charge in [0.15, 0.2) is 6.67 Å². The van der Waals surface area contributed by atoms with E-state index in [4.69, 9.17) is 4.98 Å². The Morgan fingerprint density at radius 1 is 1.19 bits per heavy atom. The van der Waals surface area contributed by atoms with Crippen molar-refractivity contribution in [2.24, 2.45) is 0 Å². The van der Waals surface area contributed by atoms with E-state index in [1.165, 1.54) is 27.4 Å². The molecule has 26 heavy (non-hydrogen) atoms. The van der Waals surface area contributed by atoms with Crippen LogP contribution in [0.5, 0.6) is 0 Å². The predicted molar refractivity (Wildman–Crippen MR) is 103 cm³/mol. The van der Waals surface area contributed by atoms with E-state index >= 15 is 0 Å². The van der Waals surface area contributed by atoms with Crippen LogP contribution in [0.4, 0.5) is 0 Å². The van der Waals surface area contributed by atoms with Crippen LogP contribution in [0, 0.1) is 0 Å². The number of hydrogen-bond acceptors (Lipinski definition) is 6. The summed E-state index contributed by atoms with van der Waals surface area (Å²) in [6, 6.07) is 12.5. The smallest absolute Gasteiger partial charge is 0.215 e. The van der Waals surface area contributed by atoms with Gasteiger partial charge in [0.1, 0.15) is 5.01 Å². The van der Waals surface area contributed by atoms with Gasteiger partial charge in [0, 0.05) is 0 Å². The Hall–Kier alpha value is -2.16. The third-order valence-electron chi connectivity index (χ3n) is 4.84. The fourth-order valence-electron chi connectivity index (χ4n) is 3.58. The van der Waals surface area contributed by atoms with Crippen molar-refractivity contribution in [3.8, 4) is 10.7 Å². The lowest BCUT2D eigenvalue weighted by molar-refractivity contribution is -0.930. The fraction of sp³-hybridized carbons (Fsp3) is 0.333. The molecule has 132 valence electrons. The molecule has 1 aliphatic rings. The van der Waals surface area contributed by atoms with Gasteiger partial charge in [-0.05, 0) is 41.6 Å². The van der Waals surface area contributed by atoms with Crippen LogP contribution >= 0.6 is 22.7 Å². The number of benzene rings is 1. The van der Waals surface area contributed by atoms with Gasteiger partial charge in [-0.15, -0.1) is 37.7 Å². The van der Waals surface area contributed by atoms with Crippen LogP contribution < -0.4 is 4.90 Å².